The van der Waals surface area contributed by atoms with E-state index < -0.39 is 11.6 Å². The van der Waals surface area contributed by atoms with Crippen molar-refractivity contribution in [2.75, 3.05) is 0 Å². The van der Waals surface area contributed by atoms with Crippen LogP contribution in [0.2, 0.25) is 0 Å². The molecule has 0 aromatic heterocycles. The number of hydrogen-bond donors (Lipinski definition) is 1. The van der Waals surface area contributed by atoms with Crippen LogP contribution >= 0.6 is 0 Å². The van der Waals surface area contributed by atoms with Crippen LogP contribution in [0.5, 0.6) is 5.75 Å². The summed E-state index contributed by atoms with van der Waals surface area (Å²) < 4.78 is 29.6. The van der Waals surface area contributed by atoms with Crippen LogP contribution in [0.15, 0.2) is 85.2 Å². The molecule has 0 amide bonds. The third-order valence-corrected chi connectivity index (χ3v) is 5.15. The van der Waals surface area contributed by atoms with Crippen molar-refractivity contribution < 1.29 is 13.9 Å². The first-order chi connectivity index (χ1) is 15.1. The summed E-state index contributed by atoms with van der Waals surface area (Å²) in [5.41, 5.74) is 4.20. The second kappa shape index (κ2) is 7.65. The van der Waals surface area contributed by atoms with Crippen molar-refractivity contribution in [1.82, 2.24) is 14.5 Å². The van der Waals surface area contributed by atoms with Gasteiger partial charge in [0.15, 0.2) is 17.5 Å². The van der Waals surface area contributed by atoms with Gasteiger partial charge in [-0.25, -0.2) is 18.7 Å². The molecule has 2 aliphatic rings. The van der Waals surface area contributed by atoms with Crippen LogP contribution in [-0.4, -0.2) is 19.6 Å². The number of aromatic nitrogens is 3. The molecular formula is C25H17F2N3O. The highest BCUT2D eigenvalue weighted by atomic mass is 19.2. The normalized spacial score (nSPS) is 11.2. The van der Waals surface area contributed by atoms with Crippen molar-refractivity contribution >= 4 is 0 Å². The van der Waals surface area contributed by atoms with Gasteiger partial charge in [0.2, 0.25) is 0 Å². The van der Waals surface area contributed by atoms with E-state index >= 15 is 0 Å². The Morgan fingerprint density at radius 2 is 1.61 bits per heavy atom. The average Bonchev–Trinajstić information content (AvgIpc) is 3.19. The lowest BCUT2D eigenvalue weighted by atomic mass is 9.99. The molecule has 0 unspecified atom stereocenters. The van der Waals surface area contributed by atoms with E-state index in [1.807, 2.05) is 53.4 Å². The fourth-order valence-corrected chi connectivity index (χ4v) is 3.65. The zero-order valence-corrected chi connectivity index (χ0v) is 16.3. The fraction of sp³-hybridized carbons (Fsp3) is 0.0400. The van der Waals surface area contributed by atoms with Crippen molar-refractivity contribution in [3.8, 4) is 39.7 Å². The van der Waals surface area contributed by atoms with Gasteiger partial charge in [-0.15, -0.1) is 0 Å². The van der Waals surface area contributed by atoms with Crippen molar-refractivity contribution in [1.29, 1.82) is 0 Å². The van der Waals surface area contributed by atoms with E-state index in [2.05, 4.69) is 9.97 Å². The van der Waals surface area contributed by atoms with Gasteiger partial charge in [-0.1, -0.05) is 42.5 Å². The van der Waals surface area contributed by atoms with E-state index in [0.29, 0.717) is 17.9 Å². The maximum absolute atomic E-state index is 14.1. The minimum absolute atomic E-state index is 0.0297. The number of phenolic OH excluding ortho intramolecular Hbond substituents is 1. The number of imidazole rings is 1. The summed E-state index contributed by atoms with van der Waals surface area (Å²) in [5.74, 6) is -1.56. The molecule has 0 saturated heterocycles. The molecule has 0 spiro atoms. The van der Waals surface area contributed by atoms with Gasteiger partial charge < -0.3 is 9.67 Å². The summed E-state index contributed by atoms with van der Waals surface area (Å²) in [5, 5.41) is 10.0. The monoisotopic (exact) mass is 413 g/mol. The number of rotatable bonds is 4. The maximum atomic E-state index is 14.1. The number of pyridine rings is 1. The summed E-state index contributed by atoms with van der Waals surface area (Å²) in [4.78, 5) is 8.74. The number of phenols is 1. The largest absolute Gasteiger partial charge is 0.508 e. The van der Waals surface area contributed by atoms with Crippen molar-refractivity contribution in [3.05, 3.63) is 102 Å². The van der Waals surface area contributed by atoms with Crippen LogP contribution < -0.4 is 0 Å². The van der Waals surface area contributed by atoms with E-state index in [1.165, 1.54) is 12.1 Å². The number of benzene rings is 3. The summed E-state index contributed by atoms with van der Waals surface area (Å²) in [6.45, 7) is 0.491. The molecule has 5 rings (SSSR count). The third kappa shape index (κ3) is 3.64. The minimum atomic E-state index is -0.960. The highest BCUT2D eigenvalue weighted by Crippen LogP contribution is 2.30. The number of hydrogen-bond acceptors (Lipinski definition) is 3. The second-order valence-electron chi connectivity index (χ2n) is 7.24. The average molecular weight is 413 g/mol. The van der Waals surface area contributed by atoms with E-state index in [4.69, 9.17) is 0 Å². The predicted octanol–water partition coefficient (Wildman–Crippen LogP) is 5.75. The Morgan fingerprint density at radius 3 is 2.45 bits per heavy atom. The molecule has 2 heterocycles. The molecule has 3 aromatic rings. The van der Waals surface area contributed by atoms with Gasteiger partial charge >= 0.3 is 0 Å². The topological polar surface area (TPSA) is 50.9 Å². The van der Waals surface area contributed by atoms with Crippen molar-refractivity contribution in [2.24, 2.45) is 0 Å². The lowest BCUT2D eigenvalue weighted by Crippen LogP contribution is -2.02. The molecule has 31 heavy (non-hydrogen) atoms. The summed E-state index contributed by atoms with van der Waals surface area (Å²) >= 11 is 0. The third-order valence-electron chi connectivity index (χ3n) is 5.15. The smallest absolute Gasteiger partial charge is 0.169 e. The van der Waals surface area contributed by atoms with E-state index in [1.54, 1.807) is 18.2 Å². The summed E-state index contributed by atoms with van der Waals surface area (Å²) in [7, 11) is 0. The first-order valence-corrected chi connectivity index (χ1v) is 9.74. The first-order valence-electron chi connectivity index (χ1n) is 9.74. The molecule has 0 radical (unpaired) electrons. The molecule has 6 heteroatoms. The van der Waals surface area contributed by atoms with Crippen LogP contribution in [0.4, 0.5) is 8.78 Å². The Kier molecular flexibility index (Phi) is 4.67. The Morgan fingerprint density at radius 1 is 0.806 bits per heavy atom. The van der Waals surface area contributed by atoms with Gasteiger partial charge in [-0.3, -0.25) is 0 Å². The number of fused-ring (bicyclic) bond motifs is 1. The summed E-state index contributed by atoms with van der Waals surface area (Å²) in [6, 6.07) is 21.0. The molecule has 1 N–H and O–H groups in total. The zero-order valence-electron chi connectivity index (χ0n) is 16.3. The van der Waals surface area contributed by atoms with Gasteiger partial charge in [-0.2, -0.15) is 0 Å². The Bertz CT molecular complexity index is 1350. The lowest BCUT2D eigenvalue weighted by Gasteiger charge is -2.13. The molecule has 0 fully saturated rings. The minimum Gasteiger partial charge on any atom is -0.508 e. The number of halogens is 2. The van der Waals surface area contributed by atoms with Crippen LogP contribution in [0.3, 0.4) is 0 Å². The van der Waals surface area contributed by atoms with Gasteiger partial charge in [-0.05, 0) is 47.0 Å². The van der Waals surface area contributed by atoms with Gasteiger partial charge in [0.25, 0.3) is 0 Å². The zero-order chi connectivity index (χ0) is 21.4. The molecular weight excluding hydrogens is 396 g/mol. The Hall–Kier alpha value is -4.06. The fourth-order valence-electron chi connectivity index (χ4n) is 3.65. The van der Waals surface area contributed by atoms with Crippen LogP contribution in [0.1, 0.15) is 5.56 Å². The quantitative estimate of drug-likeness (QED) is 0.408. The first kappa shape index (κ1) is 18.9. The van der Waals surface area contributed by atoms with Crippen molar-refractivity contribution in [3.63, 3.8) is 0 Å². The predicted molar refractivity (Wildman–Crippen MR) is 115 cm³/mol. The van der Waals surface area contributed by atoms with Gasteiger partial charge in [0.1, 0.15) is 11.4 Å². The van der Waals surface area contributed by atoms with Crippen molar-refractivity contribution in [2.45, 2.75) is 6.54 Å². The number of aromatic hydroxyl groups is 1. The van der Waals surface area contributed by atoms with Crippen LogP contribution in [0, 0.1) is 11.6 Å². The highest BCUT2D eigenvalue weighted by Gasteiger charge is 2.18. The van der Waals surface area contributed by atoms with E-state index in [-0.39, 0.29) is 17.1 Å². The molecule has 0 aliphatic carbocycles. The summed E-state index contributed by atoms with van der Waals surface area (Å²) in [6.07, 6.45) is 3.66. The molecule has 2 aliphatic heterocycles. The Balaban J connectivity index is 1.52. The van der Waals surface area contributed by atoms with E-state index in [0.717, 1.165) is 22.8 Å². The molecule has 0 saturated carbocycles. The maximum Gasteiger partial charge on any atom is 0.169 e. The molecule has 152 valence electrons. The molecule has 4 nitrogen and oxygen atoms in total. The van der Waals surface area contributed by atoms with Gasteiger partial charge in [0, 0.05) is 18.9 Å². The lowest BCUT2D eigenvalue weighted by molar-refractivity contribution is 0.474. The Labute approximate surface area is 177 Å². The molecule has 0 atom stereocenters. The SMILES string of the molecule is Oc1ccc(-c2ccccc2)c(Cn2ccc3nc(-c4cccc(F)c4F)nc-3c2)c1. The molecule has 3 aromatic carbocycles. The van der Waals surface area contributed by atoms with E-state index in [9.17, 15) is 13.9 Å². The standard InChI is InChI=1S/C25H17F2N3O/c26-21-8-4-7-20(24(21)27)25-28-22-11-12-30(15-23(22)29-25)14-17-13-18(31)9-10-19(17)16-5-2-1-3-6-16/h1-13,15,31H,14H2. The molecule has 0 bridgehead atoms. The van der Waals surface area contributed by atoms with Gasteiger partial charge in [0.05, 0.1) is 11.3 Å². The van der Waals surface area contributed by atoms with Crippen LogP contribution in [0.25, 0.3) is 33.9 Å². The second-order valence-corrected chi connectivity index (χ2v) is 7.24. The van der Waals surface area contributed by atoms with Crippen LogP contribution in [-0.2, 0) is 6.54 Å². The highest BCUT2D eigenvalue weighted by molar-refractivity contribution is 5.69. The number of nitrogens with zero attached hydrogens (tertiary/aromatic N) is 3.